The van der Waals surface area contributed by atoms with Crippen LogP contribution < -0.4 is 0 Å². The van der Waals surface area contributed by atoms with Crippen LogP contribution in [0.5, 0.6) is 0 Å². The molecule has 1 aromatic carbocycles. The molecule has 0 aliphatic carbocycles. The molecule has 0 aliphatic heterocycles. The van der Waals surface area contributed by atoms with Crippen molar-refractivity contribution in [2.45, 2.75) is 54.4 Å². The first-order valence-corrected chi connectivity index (χ1v) is 8.86. The molecular weight excluding hydrogens is 348 g/mol. The maximum Gasteiger partial charge on any atom is 0.318 e. The highest BCUT2D eigenvalue weighted by Crippen LogP contribution is 2.21. The Morgan fingerprint density at radius 2 is 1.30 bits per heavy atom. The molecule has 0 bridgehead atoms. The average Bonchev–Trinajstić information content (AvgIpc) is 2.53. The van der Waals surface area contributed by atoms with Crippen LogP contribution in [0, 0.1) is 16.7 Å². The van der Waals surface area contributed by atoms with Gasteiger partial charge in [-0.25, -0.2) is 0 Å². The lowest BCUT2D eigenvalue weighted by molar-refractivity contribution is -0.173. The number of hydrogen-bond donors (Lipinski definition) is 0. The molecule has 1 unspecified atom stereocenters. The van der Waals surface area contributed by atoms with Crippen LogP contribution in [-0.4, -0.2) is 23.9 Å². The molecule has 0 heterocycles. The SMILES string of the molecule is CC(C)(C)C(=O)OC(=O)CC(Cc1ccccc1)C(=O)OC(=O)C(C)(C)C. The van der Waals surface area contributed by atoms with E-state index in [0.717, 1.165) is 5.56 Å². The molecule has 0 radical (unpaired) electrons. The molecule has 6 nitrogen and oxygen atoms in total. The first-order valence-electron chi connectivity index (χ1n) is 8.86. The zero-order valence-electron chi connectivity index (χ0n) is 16.8. The number of rotatable bonds is 5. The van der Waals surface area contributed by atoms with Crippen LogP contribution in [0.15, 0.2) is 30.3 Å². The molecule has 0 N–H and O–H groups in total. The quantitative estimate of drug-likeness (QED) is 0.578. The van der Waals surface area contributed by atoms with Gasteiger partial charge in [-0.1, -0.05) is 30.3 Å². The number of carbonyl (C=O) groups excluding carboxylic acids is 4. The summed E-state index contributed by atoms with van der Waals surface area (Å²) in [5, 5.41) is 0. The third-order valence-corrected chi connectivity index (χ3v) is 3.70. The van der Waals surface area contributed by atoms with E-state index in [0.29, 0.717) is 0 Å². The predicted octanol–water partition coefficient (Wildman–Crippen LogP) is 3.47. The number of esters is 4. The van der Waals surface area contributed by atoms with Crippen LogP contribution in [0.2, 0.25) is 0 Å². The van der Waals surface area contributed by atoms with Crippen molar-refractivity contribution in [2.24, 2.45) is 16.7 Å². The lowest BCUT2D eigenvalue weighted by Crippen LogP contribution is -2.32. The Kier molecular flexibility index (Phi) is 7.46. The fraction of sp³-hybridized carbons (Fsp3) is 0.524. The summed E-state index contributed by atoms with van der Waals surface area (Å²) in [5.74, 6) is -3.91. The highest BCUT2D eigenvalue weighted by molar-refractivity contribution is 5.93. The fourth-order valence-corrected chi connectivity index (χ4v) is 1.96. The number of benzene rings is 1. The van der Waals surface area contributed by atoms with Crippen molar-refractivity contribution in [2.75, 3.05) is 0 Å². The fourth-order valence-electron chi connectivity index (χ4n) is 1.96. The van der Waals surface area contributed by atoms with Gasteiger partial charge in [-0.15, -0.1) is 0 Å². The van der Waals surface area contributed by atoms with Crippen LogP contribution in [0.3, 0.4) is 0 Å². The molecule has 0 saturated carbocycles. The van der Waals surface area contributed by atoms with E-state index in [2.05, 4.69) is 0 Å². The standard InChI is InChI=1S/C21H28O6/c1-20(2,3)18(24)26-16(22)13-15(12-14-10-8-7-9-11-14)17(23)27-19(25)21(4,5)6/h7-11,15H,12-13H2,1-6H3. The third-order valence-electron chi connectivity index (χ3n) is 3.70. The molecule has 148 valence electrons. The third kappa shape index (κ3) is 7.72. The Labute approximate surface area is 160 Å². The first kappa shape index (κ1) is 22.5. The molecular formula is C21H28O6. The van der Waals surface area contributed by atoms with Crippen LogP contribution in [0.4, 0.5) is 0 Å². The lowest BCUT2D eigenvalue weighted by Gasteiger charge is -2.20. The van der Waals surface area contributed by atoms with Crippen LogP contribution in [-0.2, 0) is 35.1 Å². The van der Waals surface area contributed by atoms with Gasteiger partial charge in [0.2, 0.25) is 0 Å². The van der Waals surface area contributed by atoms with E-state index < -0.39 is 40.6 Å². The van der Waals surface area contributed by atoms with Crippen molar-refractivity contribution in [3.63, 3.8) is 0 Å². The van der Waals surface area contributed by atoms with E-state index in [-0.39, 0.29) is 12.8 Å². The second-order valence-electron chi connectivity index (χ2n) is 8.56. The van der Waals surface area contributed by atoms with Gasteiger partial charge in [-0.3, -0.25) is 19.2 Å². The van der Waals surface area contributed by atoms with Gasteiger partial charge in [0.1, 0.15) is 0 Å². The summed E-state index contributed by atoms with van der Waals surface area (Å²) in [6.07, 6.45) is -0.164. The van der Waals surface area contributed by atoms with Gasteiger partial charge < -0.3 is 9.47 Å². The lowest BCUT2D eigenvalue weighted by atomic mass is 9.94. The topological polar surface area (TPSA) is 86.7 Å². The van der Waals surface area contributed by atoms with E-state index in [1.165, 1.54) is 0 Å². The molecule has 0 amide bonds. The van der Waals surface area contributed by atoms with Gasteiger partial charge in [0.15, 0.2) is 0 Å². The Morgan fingerprint density at radius 3 is 1.78 bits per heavy atom. The Bertz CT molecular complexity index is 692. The van der Waals surface area contributed by atoms with Gasteiger partial charge in [0, 0.05) is 0 Å². The van der Waals surface area contributed by atoms with Gasteiger partial charge in [0.25, 0.3) is 0 Å². The minimum atomic E-state index is -0.932. The van der Waals surface area contributed by atoms with Crippen molar-refractivity contribution in [3.05, 3.63) is 35.9 Å². The van der Waals surface area contributed by atoms with E-state index in [1.807, 2.05) is 6.07 Å². The van der Waals surface area contributed by atoms with Gasteiger partial charge >= 0.3 is 23.9 Å². The summed E-state index contributed by atoms with van der Waals surface area (Å²) in [6, 6.07) is 9.05. The van der Waals surface area contributed by atoms with Crippen molar-refractivity contribution in [3.8, 4) is 0 Å². The average molecular weight is 376 g/mol. The zero-order valence-corrected chi connectivity index (χ0v) is 16.8. The number of ether oxygens (including phenoxy) is 2. The van der Waals surface area contributed by atoms with E-state index in [4.69, 9.17) is 9.47 Å². The summed E-state index contributed by atoms with van der Waals surface area (Å²) < 4.78 is 9.79. The Balaban J connectivity index is 2.90. The van der Waals surface area contributed by atoms with Gasteiger partial charge in [-0.05, 0) is 53.5 Å². The summed E-state index contributed by atoms with van der Waals surface area (Å²) >= 11 is 0. The zero-order chi connectivity index (χ0) is 20.8. The van der Waals surface area contributed by atoms with Gasteiger partial charge in [-0.2, -0.15) is 0 Å². The molecule has 6 heteroatoms. The van der Waals surface area contributed by atoms with Crippen molar-refractivity contribution in [1.29, 1.82) is 0 Å². The summed E-state index contributed by atoms with van der Waals surface area (Å²) in [5.41, 5.74) is -0.888. The van der Waals surface area contributed by atoms with E-state index in [1.54, 1.807) is 65.8 Å². The molecule has 0 aliphatic rings. The first-order chi connectivity index (χ1) is 12.3. The van der Waals surface area contributed by atoms with Crippen molar-refractivity contribution >= 4 is 23.9 Å². The number of carbonyl (C=O) groups is 4. The molecule has 27 heavy (non-hydrogen) atoms. The highest BCUT2D eigenvalue weighted by Gasteiger charge is 2.33. The molecule has 1 rings (SSSR count). The molecule has 1 aromatic rings. The molecule has 0 aromatic heterocycles. The van der Waals surface area contributed by atoms with Crippen molar-refractivity contribution in [1.82, 2.24) is 0 Å². The Hall–Kier alpha value is -2.50. The van der Waals surface area contributed by atoms with Gasteiger partial charge in [0.05, 0.1) is 23.2 Å². The minimum absolute atomic E-state index is 0.190. The van der Waals surface area contributed by atoms with Crippen LogP contribution >= 0.6 is 0 Å². The second-order valence-corrected chi connectivity index (χ2v) is 8.56. The van der Waals surface area contributed by atoms with E-state index in [9.17, 15) is 19.2 Å². The maximum absolute atomic E-state index is 12.5. The molecule has 1 atom stereocenters. The monoisotopic (exact) mass is 376 g/mol. The normalized spacial score (nSPS) is 12.8. The highest BCUT2D eigenvalue weighted by atomic mass is 16.6. The number of hydrogen-bond acceptors (Lipinski definition) is 6. The Morgan fingerprint density at radius 1 is 0.815 bits per heavy atom. The molecule has 0 saturated heterocycles. The van der Waals surface area contributed by atoms with Crippen LogP contribution in [0.1, 0.15) is 53.5 Å². The molecule has 0 fully saturated rings. The minimum Gasteiger partial charge on any atom is -0.393 e. The van der Waals surface area contributed by atoms with Crippen LogP contribution in [0.25, 0.3) is 0 Å². The maximum atomic E-state index is 12.5. The largest absolute Gasteiger partial charge is 0.393 e. The summed E-state index contributed by atoms with van der Waals surface area (Å²) in [7, 11) is 0. The smallest absolute Gasteiger partial charge is 0.318 e. The predicted molar refractivity (Wildman–Crippen MR) is 99.4 cm³/mol. The molecule has 0 spiro atoms. The summed E-state index contributed by atoms with van der Waals surface area (Å²) in [6.45, 7) is 9.77. The van der Waals surface area contributed by atoms with E-state index >= 15 is 0 Å². The second kappa shape index (κ2) is 8.93. The summed E-state index contributed by atoms with van der Waals surface area (Å²) in [4.78, 5) is 48.5. The van der Waals surface area contributed by atoms with Crippen molar-refractivity contribution < 1.29 is 28.7 Å².